The zero-order valence-electron chi connectivity index (χ0n) is 9.23. The number of nitrogens with one attached hydrogen (secondary N) is 1. The van der Waals surface area contributed by atoms with Crippen LogP contribution in [0, 0.1) is 0 Å². The molecular formula is C11H15NO3S. The Hall–Kier alpha value is -1.20. The summed E-state index contributed by atoms with van der Waals surface area (Å²) in [6, 6.07) is 7.58. The largest absolute Gasteiger partial charge is 0.479 e. The minimum absolute atomic E-state index is 0.0276. The summed E-state index contributed by atoms with van der Waals surface area (Å²) in [7, 11) is 0. The molecule has 0 radical (unpaired) electrons. The third-order valence-electron chi connectivity index (χ3n) is 2.17. The standard InChI is InChI=1S/C11H15NO3S/c1-11(15,10(13)14)7-12-8-4-3-5-9(6-8)16-2/h3-6,12,15H,7H2,1-2H3,(H,13,14). The van der Waals surface area contributed by atoms with Gasteiger partial charge in [0.05, 0.1) is 6.54 Å². The van der Waals surface area contributed by atoms with Gasteiger partial charge in [-0.2, -0.15) is 0 Å². The Labute approximate surface area is 98.7 Å². The van der Waals surface area contributed by atoms with E-state index < -0.39 is 11.6 Å². The molecule has 88 valence electrons. The molecule has 3 N–H and O–H groups in total. The van der Waals surface area contributed by atoms with E-state index in [0.717, 1.165) is 10.6 Å². The molecule has 0 heterocycles. The van der Waals surface area contributed by atoms with Crippen molar-refractivity contribution in [1.29, 1.82) is 0 Å². The van der Waals surface area contributed by atoms with Gasteiger partial charge in [0.25, 0.3) is 0 Å². The lowest BCUT2D eigenvalue weighted by molar-refractivity contribution is -0.155. The van der Waals surface area contributed by atoms with Crippen LogP contribution in [0.25, 0.3) is 0 Å². The van der Waals surface area contributed by atoms with E-state index in [1.165, 1.54) is 6.92 Å². The molecule has 0 bridgehead atoms. The van der Waals surface area contributed by atoms with Gasteiger partial charge in [-0.15, -0.1) is 11.8 Å². The third-order valence-corrected chi connectivity index (χ3v) is 2.89. The van der Waals surface area contributed by atoms with Gasteiger partial charge in [-0.25, -0.2) is 4.79 Å². The zero-order chi connectivity index (χ0) is 12.2. The van der Waals surface area contributed by atoms with Crippen LogP contribution in [0.2, 0.25) is 0 Å². The summed E-state index contributed by atoms with van der Waals surface area (Å²) in [5, 5.41) is 21.1. The van der Waals surface area contributed by atoms with Gasteiger partial charge in [0.1, 0.15) is 0 Å². The van der Waals surface area contributed by atoms with Gasteiger partial charge in [0, 0.05) is 10.6 Å². The van der Waals surface area contributed by atoms with Crippen LogP contribution in [0.4, 0.5) is 5.69 Å². The number of benzene rings is 1. The van der Waals surface area contributed by atoms with Gasteiger partial charge >= 0.3 is 5.97 Å². The van der Waals surface area contributed by atoms with Crippen molar-refractivity contribution in [3.05, 3.63) is 24.3 Å². The number of rotatable bonds is 5. The van der Waals surface area contributed by atoms with E-state index in [2.05, 4.69) is 5.32 Å². The van der Waals surface area contributed by atoms with Crippen LogP contribution in [0.15, 0.2) is 29.2 Å². The quantitative estimate of drug-likeness (QED) is 0.684. The first-order valence-electron chi connectivity index (χ1n) is 4.79. The third kappa shape index (κ3) is 3.43. The molecule has 0 spiro atoms. The van der Waals surface area contributed by atoms with Crippen molar-refractivity contribution in [1.82, 2.24) is 0 Å². The monoisotopic (exact) mass is 241 g/mol. The highest BCUT2D eigenvalue weighted by Gasteiger charge is 2.29. The molecule has 0 amide bonds. The Morgan fingerprint density at radius 3 is 2.81 bits per heavy atom. The second-order valence-corrected chi connectivity index (χ2v) is 4.54. The van der Waals surface area contributed by atoms with Gasteiger partial charge in [-0.3, -0.25) is 0 Å². The minimum atomic E-state index is -1.75. The Bertz CT molecular complexity index is 379. The molecule has 0 fully saturated rings. The summed E-state index contributed by atoms with van der Waals surface area (Å²) in [4.78, 5) is 11.8. The molecule has 0 saturated carbocycles. The molecule has 0 aliphatic carbocycles. The van der Waals surface area contributed by atoms with Crippen LogP contribution < -0.4 is 5.32 Å². The Morgan fingerprint density at radius 2 is 2.25 bits per heavy atom. The Balaban J connectivity index is 2.64. The van der Waals surface area contributed by atoms with Crippen molar-refractivity contribution in [2.75, 3.05) is 18.1 Å². The highest BCUT2D eigenvalue weighted by Crippen LogP contribution is 2.19. The molecule has 1 unspecified atom stereocenters. The number of hydrogen-bond acceptors (Lipinski definition) is 4. The molecule has 1 atom stereocenters. The van der Waals surface area contributed by atoms with Crippen molar-refractivity contribution in [3.63, 3.8) is 0 Å². The van der Waals surface area contributed by atoms with E-state index >= 15 is 0 Å². The molecule has 4 nitrogen and oxygen atoms in total. The maximum atomic E-state index is 10.7. The second-order valence-electron chi connectivity index (χ2n) is 3.66. The number of aliphatic hydroxyl groups is 1. The highest BCUT2D eigenvalue weighted by molar-refractivity contribution is 7.98. The van der Waals surface area contributed by atoms with E-state index in [1.54, 1.807) is 11.8 Å². The number of thioether (sulfide) groups is 1. The fourth-order valence-corrected chi connectivity index (χ4v) is 1.54. The normalized spacial score (nSPS) is 14.2. The van der Waals surface area contributed by atoms with E-state index in [9.17, 15) is 9.90 Å². The van der Waals surface area contributed by atoms with Crippen LogP contribution >= 0.6 is 11.8 Å². The van der Waals surface area contributed by atoms with Gasteiger partial charge in [0.15, 0.2) is 5.60 Å². The van der Waals surface area contributed by atoms with Gasteiger partial charge in [-0.05, 0) is 31.4 Å². The lowest BCUT2D eigenvalue weighted by Gasteiger charge is -2.19. The first-order chi connectivity index (χ1) is 7.45. The fourth-order valence-electron chi connectivity index (χ4n) is 1.08. The summed E-state index contributed by atoms with van der Waals surface area (Å²) in [5.74, 6) is -1.24. The molecule has 5 heteroatoms. The molecule has 1 rings (SSSR count). The van der Waals surface area contributed by atoms with E-state index in [4.69, 9.17) is 5.11 Å². The molecule has 0 saturated heterocycles. The first kappa shape index (κ1) is 12.9. The fraction of sp³-hybridized carbons (Fsp3) is 0.364. The maximum absolute atomic E-state index is 10.7. The van der Waals surface area contributed by atoms with Crippen molar-refractivity contribution in [2.45, 2.75) is 17.4 Å². The summed E-state index contributed by atoms with van der Waals surface area (Å²) >= 11 is 1.60. The molecule has 1 aromatic rings. The van der Waals surface area contributed by atoms with Crippen LogP contribution in [-0.4, -0.2) is 34.6 Å². The average Bonchev–Trinajstić information content (AvgIpc) is 2.26. The van der Waals surface area contributed by atoms with Crippen LogP contribution in [0.5, 0.6) is 0 Å². The minimum Gasteiger partial charge on any atom is -0.479 e. The molecule has 0 aliphatic heterocycles. The van der Waals surface area contributed by atoms with Gasteiger partial charge in [-0.1, -0.05) is 6.07 Å². The van der Waals surface area contributed by atoms with Crippen molar-refractivity contribution in [3.8, 4) is 0 Å². The zero-order valence-corrected chi connectivity index (χ0v) is 10.0. The number of carbonyl (C=O) groups is 1. The Morgan fingerprint density at radius 1 is 1.56 bits per heavy atom. The lowest BCUT2D eigenvalue weighted by atomic mass is 10.1. The predicted octanol–water partition coefficient (Wildman–Crippen LogP) is 1.66. The number of hydrogen-bond donors (Lipinski definition) is 3. The first-order valence-corrected chi connectivity index (χ1v) is 6.02. The van der Waals surface area contributed by atoms with E-state index in [0.29, 0.717) is 0 Å². The van der Waals surface area contributed by atoms with Crippen LogP contribution in [0.1, 0.15) is 6.92 Å². The smallest absolute Gasteiger partial charge is 0.337 e. The number of anilines is 1. The Kier molecular flexibility index (Phi) is 4.20. The summed E-state index contributed by atoms with van der Waals surface area (Å²) < 4.78 is 0. The molecular weight excluding hydrogens is 226 g/mol. The van der Waals surface area contributed by atoms with E-state index in [-0.39, 0.29) is 6.54 Å². The SMILES string of the molecule is CSc1cccc(NCC(C)(O)C(=O)O)c1. The maximum Gasteiger partial charge on any atom is 0.337 e. The molecule has 0 aromatic heterocycles. The second kappa shape index (κ2) is 5.23. The average molecular weight is 241 g/mol. The molecule has 1 aromatic carbocycles. The van der Waals surface area contributed by atoms with E-state index in [1.807, 2.05) is 30.5 Å². The number of carboxylic acids is 1. The molecule has 16 heavy (non-hydrogen) atoms. The topological polar surface area (TPSA) is 69.6 Å². The van der Waals surface area contributed by atoms with Crippen LogP contribution in [-0.2, 0) is 4.79 Å². The number of carboxylic acid groups (broad SMARTS) is 1. The molecule has 0 aliphatic rings. The number of aliphatic carboxylic acids is 1. The lowest BCUT2D eigenvalue weighted by Crippen LogP contribution is -2.41. The van der Waals surface area contributed by atoms with Crippen molar-refractivity contribution in [2.24, 2.45) is 0 Å². The summed E-state index contributed by atoms with van der Waals surface area (Å²) in [6.07, 6.45) is 1.96. The summed E-state index contributed by atoms with van der Waals surface area (Å²) in [5.41, 5.74) is -0.955. The highest BCUT2D eigenvalue weighted by atomic mass is 32.2. The van der Waals surface area contributed by atoms with Crippen molar-refractivity contribution >= 4 is 23.4 Å². The van der Waals surface area contributed by atoms with Crippen LogP contribution in [0.3, 0.4) is 0 Å². The van der Waals surface area contributed by atoms with Crippen molar-refractivity contribution < 1.29 is 15.0 Å². The summed E-state index contributed by atoms with van der Waals surface area (Å²) in [6.45, 7) is 1.24. The van der Waals surface area contributed by atoms with Gasteiger partial charge in [0.2, 0.25) is 0 Å². The van der Waals surface area contributed by atoms with Gasteiger partial charge < -0.3 is 15.5 Å². The predicted molar refractivity (Wildman–Crippen MR) is 65.0 cm³/mol.